The van der Waals surface area contributed by atoms with Gasteiger partial charge in [0.1, 0.15) is 18.2 Å². The molecule has 7 nitrogen and oxygen atoms in total. The van der Waals surface area contributed by atoms with Crippen LogP contribution in [0, 0.1) is 12.7 Å². The highest BCUT2D eigenvalue weighted by atomic mass is 32.2. The zero-order valence-corrected chi connectivity index (χ0v) is 24.1. The van der Waals surface area contributed by atoms with Crippen LogP contribution in [0.4, 0.5) is 10.1 Å². The topological polar surface area (TPSA) is 80.6 Å². The summed E-state index contributed by atoms with van der Waals surface area (Å²) in [5.41, 5.74) is 4.18. The number of nitrogens with one attached hydrogen (secondary N) is 1. The van der Waals surface area contributed by atoms with Gasteiger partial charge in [-0.25, -0.2) is 12.8 Å². The van der Waals surface area contributed by atoms with Crippen molar-refractivity contribution in [2.24, 2.45) is 0 Å². The molecule has 1 aliphatic rings. The van der Waals surface area contributed by atoms with Crippen LogP contribution >= 0.6 is 0 Å². The predicted octanol–water partition coefficient (Wildman–Crippen LogP) is 5.93. The highest BCUT2D eigenvalue weighted by molar-refractivity contribution is 7.90. The second kappa shape index (κ2) is 12.3. The maximum absolute atomic E-state index is 14.4. The van der Waals surface area contributed by atoms with Crippen molar-refractivity contribution in [3.05, 3.63) is 102 Å². The number of nitrogens with zero attached hydrogens (tertiary/aromatic N) is 2. The molecule has 3 aromatic carbocycles. The number of ether oxygens (including phenoxy) is 1. The van der Waals surface area contributed by atoms with E-state index in [4.69, 9.17) is 4.74 Å². The van der Waals surface area contributed by atoms with E-state index in [9.17, 15) is 17.6 Å². The number of sulfone groups is 1. The number of hydrogen-bond acceptors (Lipinski definition) is 5. The van der Waals surface area contributed by atoms with Crippen molar-refractivity contribution in [1.82, 2.24) is 9.47 Å². The van der Waals surface area contributed by atoms with E-state index in [-0.39, 0.29) is 17.4 Å². The lowest BCUT2D eigenvalue weighted by molar-refractivity contribution is 0.102. The lowest BCUT2D eigenvalue weighted by Gasteiger charge is -2.18. The minimum Gasteiger partial charge on any atom is -0.488 e. The fraction of sp³-hybridized carbons (Fsp3) is 0.281. The van der Waals surface area contributed by atoms with E-state index in [0.29, 0.717) is 29.1 Å². The third kappa shape index (κ3) is 6.86. The molecule has 214 valence electrons. The smallest absolute Gasteiger partial charge is 0.257 e. The molecule has 1 amide bonds. The van der Waals surface area contributed by atoms with Gasteiger partial charge in [0.15, 0.2) is 9.84 Å². The van der Waals surface area contributed by atoms with Crippen LogP contribution in [-0.2, 0) is 23.0 Å². The van der Waals surface area contributed by atoms with Crippen LogP contribution < -0.4 is 10.1 Å². The Bertz CT molecular complexity index is 1630. The highest BCUT2D eigenvalue weighted by Gasteiger charge is 2.23. The molecule has 0 bridgehead atoms. The number of hydrogen-bond donors (Lipinski definition) is 1. The molecule has 1 N–H and O–H groups in total. The van der Waals surface area contributed by atoms with Crippen molar-refractivity contribution >= 4 is 21.4 Å². The number of benzene rings is 3. The Hall–Kier alpha value is -3.95. The van der Waals surface area contributed by atoms with Crippen molar-refractivity contribution in [2.45, 2.75) is 37.8 Å². The van der Waals surface area contributed by atoms with E-state index in [2.05, 4.69) is 14.8 Å². The molecule has 5 rings (SSSR count). The van der Waals surface area contributed by atoms with E-state index >= 15 is 0 Å². The minimum absolute atomic E-state index is 0.182. The molecule has 0 aliphatic carbocycles. The zero-order valence-electron chi connectivity index (χ0n) is 23.3. The van der Waals surface area contributed by atoms with Gasteiger partial charge in [-0.2, -0.15) is 0 Å². The molecule has 1 aliphatic heterocycles. The summed E-state index contributed by atoms with van der Waals surface area (Å²) in [5.74, 6) is -0.314. The molecule has 1 aromatic heterocycles. The molecular formula is C32H34FN3O4S. The summed E-state index contributed by atoms with van der Waals surface area (Å²) in [6.45, 7) is 5.75. The first-order valence-corrected chi connectivity index (χ1v) is 15.6. The molecule has 0 unspecified atom stereocenters. The summed E-state index contributed by atoms with van der Waals surface area (Å²) < 4.78 is 46.2. The summed E-state index contributed by atoms with van der Waals surface area (Å²) in [5, 5.41) is 2.89. The molecule has 9 heteroatoms. The molecule has 4 aromatic rings. The summed E-state index contributed by atoms with van der Waals surface area (Å²) in [6, 6.07) is 20.3. The Labute approximate surface area is 240 Å². The van der Waals surface area contributed by atoms with E-state index in [1.165, 1.54) is 37.1 Å². The predicted molar refractivity (Wildman–Crippen MR) is 159 cm³/mol. The Kier molecular flexibility index (Phi) is 8.56. The molecule has 0 saturated carbocycles. The maximum Gasteiger partial charge on any atom is 0.257 e. The second-order valence-corrected chi connectivity index (χ2v) is 12.4. The first kappa shape index (κ1) is 28.6. The number of aromatic nitrogens is 1. The van der Waals surface area contributed by atoms with Gasteiger partial charge in [-0.1, -0.05) is 30.3 Å². The molecular weight excluding hydrogens is 541 g/mol. The Balaban J connectivity index is 1.48. The maximum atomic E-state index is 14.4. The lowest BCUT2D eigenvalue weighted by Crippen LogP contribution is -2.24. The monoisotopic (exact) mass is 575 g/mol. The Morgan fingerprint density at radius 2 is 1.68 bits per heavy atom. The summed E-state index contributed by atoms with van der Waals surface area (Å²) in [4.78, 5) is 16.1. The van der Waals surface area contributed by atoms with E-state index in [1.54, 1.807) is 18.2 Å². The fourth-order valence-electron chi connectivity index (χ4n) is 5.21. The first-order chi connectivity index (χ1) is 19.7. The Morgan fingerprint density at radius 3 is 2.37 bits per heavy atom. The van der Waals surface area contributed by atoms with Gasteiger partial charge >= 0.3 is 0 Å². The third-order valence-corrected chi connectivity index (χ3v) is 8.54. The van der Waals surface area contributed by atoms with Crippen LogP contribution in [0.2, 0.25) is 0 Å². The van der Waals surface area contributed by atoms with Crippen LogP contribution in [0.5, 0.6) is 5.75 Å². The fourth-order valence-corrected chi connectivity index (χ4v) is 5.84. The number of anilines is 1. The van der Waals surface area contributed by atoms with Gasteiger partial charge < -0.3 is 19.5 Å². The molecule has 41 heavy (non-hydrogen) atoms. The number of halogens is 1. The summed E-state index contributed by atoms with van der Waals surface area (Å²) in [6.07, 6.45) is 5.34. The summed E-state index contributed by atoms with van der Waals surface area (Å²) >= 11 is 0. The number of rotatable bonds is 10. The van der Waals surface area contributed by atoms with Crippen molar-refractivity contribution in [3.63, 3.8) is 0 Å². The van der Waals surface area contributed by atoms with Crippen LogP contribution in [0.15, 0.2) is 83.9 Å². The molecule has 0 radical (unpaired) electrons. The SMILES string of the molecule is Cc1c(C(=O)Nc2ccc(S(C)(=O)=O)cc2)cn(CCN2CCCC2)c1-c1ccc(F)cc1OCc1ccccc1. The van der Waals surface area contributed by atoms with E-state index in [1.807, 2.05) is 43.5 Å². The van der Waals surface area contributed by atoms with Crippen LogP contribution in [0.1, 0.15) is 34.3 Å². The van der Waals surface area contributed by atoms with Gasteiger partial charge in [0, 0.05) is 42.9 Å². The molecule has 0 atom stereocenters. The quantitative estimate of drug-likeness (QED) is 0.253. The molecule has 1 saturated heterocycles. The number of carbonyl (C=O) groups excluding carboxylic acids is 1. The van der Waals surface area contributed by atoms with Crippen molar-refractivity contribution in [3.8, 4) is 17.0 Å². The molecule has 2 heterocycles. The average molecular weight is 576 g/mol. The Morgan fingerprint density at radius 1 is 0.976 bits per heavy atom. The van der Waals surface area contributed by atoms with Gasteiger partial charge in [0.25, 0.3) is 5.91 Å². The third-order valence-electron chi connectivity index (χ3n) is 7.41. The lowest BCUT2D eigenvalue weighted by atomic mass is 10.0. The summed E-state index contributed by atoms with van der Waals surface area (Å²) in [7, 11) is -3.34. The van der Waals surface area contributed by atoms with Gasteiger partial charge in [0.2, 0.25) is 0 Å². The van der Waals surface area contributed by atoms with Gasteiger partial charge in [-0.05, 0) is 80.4 Å². The van der Waals surface area contributed by atoms with Gasteiger partial charge in [-0.3, -0.25) is 4.79 Å². The second-order valence-electron chi connectivity index (χ2n) is 10.4. The van der Waals surface area contributed by atoms with Crippen LogP contribution in [0.3, 0.4) is 0 Å². The van der Waals surface area contributed by atoms with Crippen LogP contribution in [0.25, 0.3) is 11.3 Å². The van der Waals surface area contributed by atoms with Gasteiger partial charge in [-0.15, -0.1) is 0 Å². The normalized spacial score (nSPS) is 13.8. The highest BCUT2D eigenvalue weighted by Crippen LogP contribution is 2.36. The zero-order chi connectivity index (χ0) is 29.0. The average Bonchev–Trinajstić information content (AvgIpc) is 3.59. The van der Waals surface area contributed by atoms with Crippen molar-refractivity contribution < 1.29 is 22.3 Å². The number of amides is 1. The van der Waals surface area contributed by atoms with E-state index < -0.39 is 15.7 Å². The van der Waals surface area contributed by atoms with Crippen molar-refractivity contribution in [2.75, 3.05) is 31.2 Å². The molecule has 0 spiro atoms. The minimum atomic E-state index is -3.34. The van der Waals surface area contributed by atoms with E-state index in [0.717, 1.165) is 42.7 Å². The molecule has 1 fully saturated rings. The number of likely N-dealkylation sites (tertiary alicyclic amines) is 1. The largest absolute Gasteiger partial charge is 0.488 e. The first-order valence-electron chi connectivity index (χ1n) is 13.7. The standard InChI is InChI=1S/C32H34FN3O4S/c1-23-29(32(37)34-26-11-13-27(14-12-26)41(2,38)39)21-36(19-18-35-16-6-7-17-35)31(23)28-15-10-25(33)20-30(28)40-22-24-8-4-3-5-9-24/h3-5,8-15,20-21H,6-7,16-19,22H2,1-2H3,(H,34,37). The van der Waals surface area contributed by atoms with Gasteiger partial charge in [0.05, 0.1) is 16.2 Å². The number of carbonyl (C=O) groups is 1. The van der Waals surface area contributed by atoms with Crippen molar-refractivity contribution in [1.29, 1.82) is 0 Å². The van der Waals surface area contributed by atoms with Crippen LogP contribution in [-0.4, -0.2) is 49.7 Å².